The van der Waals surface area contributed by atoms with Crippen LogP contribution in [0.2, 0.25) is 0 Å². The van der Waals surface area contributed by atoms with Crippen LogP contribution in [0, 0.1) is 0 Å². The molecular weight excluding hydrogens is 430 g/mol. The number of para-hydroxylation sites is 1. The van der Waals surface area contributed by atoms with Crippen molar-refractivity contribution >= 4 is 35.1 Å². The maximum Gasteiger partial charge on any atom is 0.415 e. The number of carbonyl (C=O) groups is 3. The molecule has 0 saturated carbocycles. The SMILES string of the molecule is CC(C)(C)OC(=O)c1sccc1CC1c2ccccc2N(C(=O)OC(C)(C)C)C1C(=O)O. The number of nitrogens with zero attached hydrogens (tertiary/aromatic N) is 1. The van der Waals surface area contributed by atoms with E-state index in [4.69, 9.17) is 9.47 Å². The van der Waals surface area contributed by atoms with Crippen molar-refractivity contribution in [2.75, 3.05) is 4.90 Å². The van der Waals surface area contributed by atoms with Gasteiger partial charge < -0.3 is 14.6 Å². The molecule has 8 heteroatoms. The number of hydrogen-bond acceptors (Lipinski definition) is 6. The van der Waals surface area contributed by atoms with Crippen LogP contribution >= 0.6 is 11.3 Å². The Morgan fingerprint density at radius 2 is 1.62 bits per heavy atom. The molecule has 0 aliphatic carbocycles. The largest absolute Gasteiger partial charge is 0.480 e. The molecular formula is C24H29NO6S. The summed E-state index contributed by atoms with van der Waals surface area (Å²) in [6.45, 7) is 10.6. The first-order valence-corrected chi connectivity index (χ1v) is 11.3. The van der Waals surface area contributed by atoms with Crippen molar-refractivity contribution in [3.05, 3.63) is 51.7 Å². The van der Waals surface area contributed by atoms with Gasteiger partial charge >= 0.3 is 18.0 Å². The van der Waals surface area contributed by atoms with Gasteiger partial charge in [-0.15, -0.1) is 11.3 Å². The minimum absolute atomic E-state index is 0.269. The summed E-state index contributed by atoms with van der Waals surface area (Å²) < 4.78 is 11.0. The quantitative estimate of drug-likeness (QED) is 0.629. The van der Waals surface area contributed by atoms with Crippen LogP contribution in [0.3, 0.4) is 0 Å². The first kappa shape index (κ1) is 23.8. The molecule has 7 nitrogen and oxygen atoms in total. The number of anilines is 1. The fourth-order valence-corrected chi connectivity index (χ4v) is 4.59. The van der Waals surface area contributed by atoms with Crippen molar-refractivity contribution in [1.29, 1.82) is 0 Å². The highest BCUT2D eigenvalue weighted by Gasteiger charge is 2.47. The van der Waals surface area contributed by atoms with Crippen LogP contribution in [0.4, 0.5) is 10.5 Å². The van der Waals surface area contributed by atoms with Crippen molar-refractivity contribution in [3.8, 4) is 0 Å². The molecule has 2 atom stereocenters. The smallest absolute Gasteiger partial charge is 0.415 e. The first-order valence-electron chi connectivity index (χ1n) is 10.4. The average molecular weight is 460 g/mol. The monoisotopic (exact) mass is 459 g/mol. The van der Waals surface area contributed by atoms with E-state index in [1.54, 1.807) is 59.1 Å². The molecule has 1 amide bonds. The maximum absolute atomic E-state index is 13.0. The predicted molar refractivity (Wildman–Crippen MR) is 123 cm³/mol. The molecule has 0 spiro atoms. The van der Waals surface area contributed by atoms with E-state index in [9.17, 15) is 19.5 Å². The molecule has 1 aromatic carbocycles. The minimum Gasteiger partial charge on any atom is -0.480 e. The van der Waals surface area contributed by atoms with E-state index in [-0.39, 0.29) is 6.42 Å². The summed E-state index contributed by atoms with van der Waals surface area (Å²) in [5, 5.41) is 11.9. The predicted octanol–water partition coefficient (Wildman–Crippen LogP) is 5.24. The summed E-state index contributed by atoms with van der Waals surface area (Å²) in [7, 11) is 0. The maximum atomic E-state index is 13.0. The Labute approximate surface area is 191 Å². The van der Waals surface area contributed by atoms with E-state index in [0.29, 0.717) is 16.1 Å². The Balaban J connectivity index is 1.99. The standard InChI is InChI=1S/C24H29NO6S/c1-23(2,3)30-21(28)19-14(11-12-32-19)13-16-15-9-7-8-10-17(15)25(18(16)20(26)27)22(29)31-24(4,5)6/h7-12,16,18H,13H2,1-6H3,(H,26,27). The number of thiophene rings is 1. The molecule has 0 radical (unpaired) electrons. The average Bonchev–Trinajstić information content (AvgIpc) is 3.22. The lowest BCUT2D eigenvalue weighted by Gasteiger charge is -2.29. The van der Waals surface area contributed by atoms with Crippen molar-refractivity contribution in [3.63, 3.8) is 0 Å². The molecule has 32 heavy (non-hydrogen) atoms. The second-order valence-electron chi connectivity index (χ2n) is 9.78. The fraction of sp³-hybridized carbons (Fsp3) is 0.458. The molecule has 2 heterocycles. The van der Waals surface area contributed by atoms with Crippen LogP contribution in [0.1, 0.15) is 68.3 Å². The Kier molecular flexibility index (Phi) is 6.38. The van der Waals surface area contributed by atoms with Crippen LogP contribution in [0.15, 0.2) is 35.7 Å². The summed E-state index contributed by atoms with van der Waals surface area (Å²) in [4.78, 5) is 39.7. The number of benzene rings is 1. The zero-order valence-electron chi connectivity index (χ0n) is 19.2. The van der Waals surface area contributed by atoms with Crippen LogP contribution in [0.25, 0.3) is 0 Å². The van der Waals surface area contributed by atoms with Gasteiger partial charge in [0.1, 0.15) is 22.1 Å². The molecule has 2 unspecified atom stereocenters. The molecule has 3 rings (SSSR count). The Morgan fingerprint density at radius 3 is 2.22 bits per heavy atom. The summed E-state index contributed by atoms with van der Waals surface area (Å²) in [5.74, 6) is -2.12. The number of carboxylic acids is 1. The van der Waals surface area contributed by atoms with Crippen molar-refractivity contribution in [2.24, 2.45) is 0 Å². The van der Waals surface area contributed by atoms with Crippen LogP contribution in [0.5, 0.6) is 0 Å². The van der Waals surface area contributed by atoms with Crippen molar-refractivity contribution in [2.45, 2.75) is 71.1 Å². The van der Waals surface area contributed by atoms with Gasteiger partial charge in [-0.3, -0.25) is 4.90 Å². The molecule has 1 aliphatic heterocycles. The molecule has 1 N–H and O–H groups in total. The topological polar surface area (TPSA) is 93.1 Å². The Morgan fingerprint density at radius 1 is 1.00 bits per heavy atom. The molecule has 0 saturated heterocycles. The van der Waals surface area contributed by atoms with Gasteiger partial charge in [0.15, 0.2) is 0 Å². The zero-order chi connectivity index (χ0) is 23.8. The number of hydrogen-bond donors (Lipinski definition) is 1. The minimum atomic E-state index is -1.16. The molecule has 0 fully saturated rings. The van der Waals surface area contributed by atoms with Crippen LogP contribution in [-0.4, -0.2) is 40.4 Å². The third-order valence-corrected chi connectivity index (χ3v) is 5.81. The highest BCUT2D eigenvalue weighted by atomic mass is 32.1. The zero-order valence-corrected chi connectivity index (χ0v) is 20.0. The van der Waals surface area contributed by atoms with E-state index in [1.807, 2.05) is 18.2 Å². The number of carboxylic acid groups (broad SMARTS) is 1. The lowest BCUT2D eigenvalue weighted by Crippen LogP contribution is -2.47. The highest BCUT2D eigenvalue weighted by Crippen LogP contribution is 2.44. The summed E-state index contributed by atoms with van der Waals surface area (Å²) in [6, 6.07) is 7.76. The van der Waals surface area contributed by atoms with Gasteiger partial charge in [0.05, 0.1) is 5.69 Å². The number of esters is 1. The van der Waals surface area contributed by atoms with Gasteiger partial charge in [-0.1, -0.05) is 18.2 Å². The van der Waals surface area contributed by atoms with E-state index < -0.39 is 41.2 Å². The Hall–Kier alpha value is -2.87. The summed E-state index contributed by atoms with van der Waals surface area (Å²) in [6.07, 6.45) is -0.441. The third kappa shape index (κ3) is 5.12. The molecule has 172 valence electrons. The normalized spacial score (nSPS) is 18.2. The van der Waals surface area contributed by atoms with Gasteiger partial charge in [-0.05, 0) is 76.6 Å². The fourth-order valence-electron chi connectivity index (χ4n) is 3.78. The van der Waals surface area contributed by atoms with Gasteiger partial charge in [-0.25, -0.2) is 14.4 Å². The lowest BCUT2D eigenvalue weighted by molar-refractivity contribution is -0.139. The van der Waals surface area contributed by atoms with Crippen LogP contribution in [-0.2, 0) is 20.7 Å². The van der Waals surface area contributed by atoms with Gasteiger partial charge in [0.2, 0.25) is 0 Å². The number of fused-ring (bicyclic) bond motifs is 1. The van der Waals surface area contributed by atoms with Gasteiger partial charge in [0.25, 0.3) is 0 Å². The van der Waals surface area contributed by atoms with E-state index >= 15 is 0 Å². The molecule has 0 bridgehead atoms. The van der Waals surface area contributed by atoms with Gasteiger partial charge in [0, 0.05) is 5.92 Å². The molecule has 2 aromatic rings. The number of carbonyl (C=O) groups excluding carboxylic acids is 2. The number of amides is 1. The Bertz CT molecular complexity index is 1030. The number of ether oxygens (including phenoxy) is 2. The lowest BCUT2D eigenvalue weighted by atomic mass is 9.88. The van der Waals surface area contributed by atoms with Crippen molar-refractivity contribution in [1.82, 2.24) is 0 Å². The van der Waals surface area contributed by atoms with E-state index in [1.165, 1.54) is 16.2 Å². The third-order valence-electron chi connectivity index (χ3n) is 4.87. The summed E-state index contributed by atoms with van der Waals surface area (Å²) >= 11 is 1.26. The summed E-state index contributed by atoms with van der Waals surface area (Å²) in [5.41, 5.74) is 0.515. The molecule has 1 aromatic heterocycles. The molecule has 1 aliphatic rings. The second kappa shape index (κ2) is 8.58. The van der Waals surface area contributed by atoms with Gasteiger partial charge in [-0.2, -0.15) is 0 Å². The second-order valence-corrected chi connectivity index (χ2v) is 10.7. The van der Waals surface area contributed by atoms with E-state index in [2.05, 4.69) is 0 Å². The number of aliphatic carboxylic acids is 1. The highest BCUT2D eigenvalue weighted by molar-refractivity contribution is 7.12. The van der Waals surface area contributed by atoms with Crippen LogP contribution < -0.4 is 4.90 Å². The number of rotatable bonds is 4. The first-order chi connectivity index (χ1) is 14.8. The van der Waals surface area contributed by atoms with E-state index in [0.717, 1.165) is 5.56 Å². The van der Waals surface area contributed by atoms with Crippen molar-refractivity contribution < 1.29 is 29.0 Å².